The van der Waals surface area contributed by atoms with Gasteiger partial charge in [-0.15, -0.1) is 0 Å². The molecule has 25 heteroatoms. The summed E-state index contributed by atoms with van der Waals surface area (Å²) >= 11 is 0. The molecular formula is C28H42O25-4. The predicted octanol–water partition coefficient (Wildman–Crippen LogP) is -12.1. The van der Waals surface area contributed by atoms with Gasteiger partial charge in [-0.1, -0.05) is 14.9 Å². The van der Waals surface area contributed by atoms with Crippen molar-refractivity contribution < 1.29 is 123 Å². The van der Waals surface area contributed by atoms with E-state index in [-0.39, 0.29) is 14.9 Å². The van der Waals surface area contributed by atoms with Gasteiger partial charge in [-0.3, -0.25) is 0 Å². The summed E-state index contributed by atoms with van der Waals surface area (Å²) in [6, 6.07) is 0. The summed E-state index contributed by atoms with van der Waals surface area (Å²) in [6.45, 7) is 0. The number of ether oxygens (including phenoxy) is 9. The van der Waals surface area contributed by atoms with Crippen LogP contribution in [0.4, 0.5) is 0 Å². The molecule has 20 atom stereocenters. The minimum Gasteiger partial charge on any atom is -0.547 e. The highest BCUT2D eigenvalue weighted by Gasteiger charge is 2.56. The van der Waals surface area contributed by atoms with Crippen LogP contribution in [0, 0.1) is 0 Å². The van der Waals surface area contributed by atoms with Crippen LogP contribution in [0.1, 0.15) is 14.9 Å². The summed E-state index contributed by atoms with van der Waals surface area (Å²) in [7, 11) is 1.95. The molecule has 0 aromatic heterocycles. The number of rotatable bonds is 12. The third-order valence-electron chi connectivity index (χ3n) is 8.49. The van der Waals surface area contributed by atoms with Crippen molar-refractivity contribution in [1.29, 1.82) is 0 Å². The monoisotopic (exact) mass is 778 g/mol. The summed E-state index contributed by atoms with van der Waals surface area (Å²) in [4.78, 5) is 47.2. The van der Waals surface area contributed by atoms with Crippen LogP contribution in [-0.4, -0.2) is 202 Å². The quantitative estimate of drug-likeness (QED) is 0.0911. The summed E-state index contributed by atoms with van der Waals surface area (Å²) in [5, 5.41) is 132. The van der Waals surface area contributed by atoms with Gasteiger partial charge < -0.3 is 123 Å². The molecule has 25 nitrogen and oxygen atoms in total. The standard InChI is InChI=1S/C26H38O25.2CH4/c1-43-11-3(27)8(32)24(49-15(11)19(35)36)46-13-5(29)10(34)26(51-17(13)21(39)40)47-14-6(30)9(33)25(50-18(14)22(41)42)45-12-4(28)7(31)23(44-2)48-16(12)20(37)38;;/h3-18,23-34H,1-2H3,(H,35,36)(H,37,38)(H,39,40)(H,41,42);2*1H4/p-4/t3-,4?,5?,6?,7?,8?,9+,10?,11-,12-,13-,14-,15?,16+,17?,18?,23+,24+,25+,26+;;/m0../s1. The molecular weight excluding hydrogens is 736 g/mol. The van der Waals surface area contributed by atoms with Crippen LogP contribution in [0.2, 0.25) is 0 Å². The van der Waals surface area contributed by atoms with Crippen LogP contribution in [0.15, 0.2) is 0 Å². The van der Waals surface area contributed by atoms with Gasteiger partial charge in [-0.05, 0) is 0 Å². The van der Waals surface area contributed by atoms with Gasteiger partial charge in [0.2, 0.25) is 0 Å². The third kappa shape index (κ3) is 9.19. The van der Waals surface area contributed by atoms with Gasteiger partial charge >= 0.3 is 0 Å². The first-order chi connectivity index (χ1) is 23.9. The molecule has 0 aromatic rings. The fourth-order valence-electron chi connectivity index (χ4n) is 5.82. The average molecular weight is 779 g/mol. The Morgan fingerprint density at radius 3 is 0.868 bits per heavy atom. The zero-order valence-electron chi connectivity index (χ0n) is 26.1. The van der Waals surface area contributed by atoms with E-state index in [1.807, 2.05) is 0 Å². The minimum atomic E-state index is -2.54. The van der Waals surface area contributed by atoms with Gasteiger partial charge in [0.05, 0.1) is 23.9 Å². The largest absolute Gasteiger partial charge is 0.547 e. The molecule has 9 unspecified atom stereocenters. The van der Waals surface area contributed by atoms with Crippen molar-refractivity contribution >= 4 is 23.9 Å². The van der Waals surface area contributed by atoms with Crippen molar-refractivity contribution in [2.75, 3.05) is 14.2 Å². The lowest BCUT2D eigenvalue weighted by molar-refractivity contribution is -0.402. The number of carboxylic acid groups (broad SMARTS) is 4. The molecule has 4 aliphatic heterocycles. The molecule has 4 fully saturated rings. The summed E-state index contributed by atoms with van der Waals surface area (Å²) in [5.74, 6) is -8.42. The summed E-state index contributed by atoms with van der Waals surface area (Å²) in [6.07, 6.45) is -44.8. The molecule has 4 heterocycles. The van der Waals surface area contributed by atoms with Crippen LogP contribution < -0.4 is 20.4 Å². The lowest BCUT2D eigenvalue weighted by atomic mass is 9.95. The van der Waals surface area contributed by atoms with Crippen LogP contribution in [0.3, 0.4) is 0 Å². The van der Waals surface area contributed by atoms with Gasteiger partial charge in [0.1, 0.15) is 97.7 Å². The second-order valence-electron chi connectivity index (χ2n) is 11.6. The highest BCUT2D eigenvalue weighted by atomic mass is 16.8. The first-order valence-corrected chi connectivity index (χ1v) is 14.8. The van der Waals surface area contributed by atoms with E-state index < -0.39 is 147 Å². The fraction of sp³-hybridized carbons (Fsp3) is 0.857. The molecule has 4 saturated heterocycles. The number of carbonyl (C=O) groups is 4. The summed E-state index contributed by atoms with van der Waals surface area (Å²) < 4.78 is 45.3. The van der Waals surface area contributed by atoms with Crippen molar-refractivity contribution in [3.05, 3.63) is 0 Å². The van der Waals surface area contributed by atoms with Crippen molar-refractivity contribution in [3.8, 4) is 0 Å². The Hall–Kier alpha value is -2.80. The number of hydrogen-bond acceptors (Lipinski definition) is 25. The Morgan fingerprint density at radius 2 is 0.623 bits per heavy atom. The molecule has 0 amide bonds. The topological polar surface area (TPSA) is 405 Å². The maximum Gasteiger partial charge on any atom is 0.187 e. The highest BCUT2D eigenvalue weighted by molar-refractivity contribution is 5.72. The zero-order valence-corrected chi connectivity index (χ0v) is 26.1. The maximum atomic E-state index is 12.0. The van der Waals surface area contributed by atoms with Gasteiger partial charge in [0.25, 0.3) is 0 Å². The molecule has 0 saturated carbocycles. The molecule has 8 N–H and O–H groups in total. The summed E-state index contributed by atoms with van der Waals surface area (Å²) in [5.41, 5.74) is 0. The minimum absolute atomic E-state index is 0. The second kappa shape index (κ2) is 18.7. The van der Waals surface area contributed by atoms with Crippen LogP contribution in [-0.2, 0) is 61.8 Å². The van der Waals surface area contributed by atoms with Crippen molar-refractivity contribution in [2.24, 2.45) is 0 Å². The van der Waals surface area contributed by atoms with E-state index in [9.17, 15) is 80.5 Å². The van der Waals surface area contributed by atoms with Gasteiger partial charge in [-0.2, -0.15) is 0 Å². The zero-order chi connectivity index (χ0) is 38.2. The Labute approximate surface area is 299 Å². The second-order valence-corrected chi connectivity index (χ2v) is 11.6. The fourth-order valence-corrected chi connectivity index (χ4v) is 5.82. The molecule has 0 aliphatic carbocycles. The molecule has 0 spiro atoms. The van der Waals surface area contributed by atoms with Crippen molar-refractivity contribution in [2.45, 2.75) is 138 Å². The van der Waals surface area contributed by atoms with Gasteiger partial charge in [0, 0.05) is 14.2 Å². The number of methoxy groups -OCH3 is 2. The van der Waals surface area contributed by atoms with Crippen LogP contribution >= 0.6 is 0 Å². The first kappa shape index (κ1) is 46.4. The molecule has 4 rings (SSSR count). The lowest BCUT2D eigenvalue weighted by Gasteiger charge is -2.49. The molecule has 4 aliphatic rings. The SMILES string of the molecule is C.C.CO[C@@H]1O[C@@H](C(=O)[O-])[C@@H](O[C@@H]2OC(C(=O)[O-])[C@@H](O[C@@H]3OC(C(=O)[O-])[C@@H](O[C@@H]4OC(C(=O)[O-])[C@@H](OC)[C@@H](O)C4O)C(O)C3O)C(O)[C@H]2O)C(O)C1O. The van der Waals surface area contributed by atoms with Crippen molar-refractivity contribution in [3.63, 3.8) is 0 Å². The smallest absolute Gasteiger partial charge is 0.187 e. The number of carbonyl (C=O) groups excluding carboxylic acids is 4. The number of aliphatic hydroxyl groups is 8. The lowest BCUT2D eigenvalue weighted by Crippen LogP contribution is -2.70. The van der Waals surface area contributed by atoms with E-state index in [4.69, 9.17) is 42.6 Å². The van der Waals surface area contributed by atoms with Crippen LogP contribution in [0.25, 0.3) is 0 Å². The van der Waals surface area contributed by atoms with E-state index >= 15 is 0 Å². The van der Waals surface area contributed by atoms with E-state index in [0.717, 1.165) is 14.2 Å². The van der Waals surface area contributed by atoms with Crippen molar-refractivity contribution in [1.82, 2.24) is 0 Å². The van der Waals surface area contributed by atoms with E-state index in [0.29, 0.717) is 0 Å². The van der Waals surface area contributed by atoms with E-state index in [1.165, 1.54) is 0 Å². The number of hydrogen-bond donors (Lipinski definition) is 8. The molecule has 53 heavy (non-hydrogen) atoms. The highest BCUT2D eigenvalue weighted by Crippen LogP contribution is 2.34. The molecule has 0 aromatic carbocycles. The normalized spacial score (nSPS) is 45.9. The number of aliphatic carboxylic acids is 4. The van der Waals surface area contributed by atoms with Gasteiger partial charge in [-0.25, -0.2) is 0 Å². The predicted molar refractivity (Wildman–Crippen MR) is 149 cm³/mol. The molecule has 0 radical (unpaired) electrons. The molecule has 308 valence electrons. The first-order valence-electron chi connectivity index (χ1n) is 14.8. The van der Waals surface area contributed by atoms with Crippen LogP contribution in [0.5, 0.6) is 0 Å². The Kier molecular flexibility index (Phi) is 16.3. The average Bonchev–Trinajstić information content (AvgIpc) is 3.07. The Bertz CT molecular complexity index is 1250. The molecule has 0 bridgehead atoms. The van der Waals surface area contributed by atoms with E-state index in [1.54, 1.807) is 0 Å². The maximum absolute atomic E-state index is 12.0. The Balaban J connectivity index is 0.00000486. The van der Waals surface area contributed by atoms with E-state index in [2.05, 4.69) is 0 Å². The Morgan fingerprint density at radius 1 is 0.396 bits per heavy atom. The van der Waals surface area contributed by atoms with Gasteiger partial charge in [0.15, 0.2) is 25.2 Å². The third-order valence-corrected chi connectivity index (χ3v) is 8.49. The number of carboxylic acids is 4. The number of aliphatic hydroxyl groups excluding tert-OH is 8.